The molecule has 0 saturated heterocycles. The average molecular weight is 335 g/mol. The van der Waals surface area contributed by atoms with Crippen LogP contribution in [-0.2, 0) is 11.4 Å². The van der Waals surface area contributed by atoms with Crippen LogP contribution in [-0.4, -0.2) is 25.5 Å². The van der Waals surface area contributed by atoms with Gasteiger partial charge in [0.15, 0.2) is 0 Å². The Morgan fingerprint density at radius 3 is 2.45 bits per heavy atom. The molecule has 3 N–H and O–H groups in total. The number of aromatic nitrogens is 1. The van der Waals surface area contributed by atoms with Gasteiger partial charge >= 0.3 is 6.09 Å². The fraction of sp³-hybridized carbons (Fsp3) is 0.538. The van der Waals surface area contributed by atoms with Crippen LogP contribution in [0, 0.1) is 0 Å². The zero-order valence-corrected chi connectivity index (χ0v) is 13.5. The SMILES string of the molecule is CC(N[S@@+]([O-])C(C)(C)C)c1nc(C(F)F)ccc1NC(=O)O. The van der Waals surface area contributed by atoms with Gasteiger partial charge in [-0.15, -0.1) is 4.72 Å². The van der Waals surface area contributed by atoms with Crippen molar-refractivity contribution in [3.05, 3.63) is 23.5 Å². The number of hydrogen-bond acceptors (Lipinski definition) is 4. The number of halogens is 2. The van der Waals surface area contributed by atoms with E-state index >= 15 is 0 Å². The van der Waals surface area contributed by atoms with Crippen LogP contribution in [0.25, 0.3) is 0 Å². The average Bonchev–Trinajstić information content (AvgIpc) is 2.36. The molecule has 0 aliphatic rings. The zero-order chi connectivity index (χ0) is 17.1. The van der Waals surface area contributed by atoms with E-state index in [0.717, 1.165) is 6.07 Å². The Hall–Kier alpha value is -1.45. The van der Waals surface area contributed by atoms with Crippen LogP contribution in [0.2, 0.25) is 0 Å². The molecule has 1 aromatic rings. The molecule has 0 fully saturated rings. The van der Waals surface area contributed by atoms with E-state index in [1.807, 2.05) is 0 Å². The van der Waals surface area contributed by atoms with Gasteiger partial charge in [0.05, 0.1) is 17.4 Å². The van der Waals surface area contributed by atoms with Crippen molar-refractivity contribution in [1.29, 1.82) is 0 Å². The van der Waals surface area contributed by atoms with Crippen molar-refractivity contribution < 1.29 is 23.2 Å². The molecule has 0 bridgehead atoms. The summed E-state index contributed by atoms with van der Waals surface area (Å²) in [7, 11) is 0. The number of carbonyl (C=O) groups is 1. The van der Waals surface area contributed by atoms with Crippen molar-refractivity contribution in [3.63, 3.8) is 0 Å². The molecule has 1 aromatic heterocycles. The van der Waals surface area contributed by atoms with Crippen molar-refractivity contribution in [3.8, 4) is 0 Å². The van der Waals surface area contributed by atoms with E-state index < -0.39 is 40.4 Å². The summed E-state index contributed by atoms with van der Waals surface area (Å²) >= 11 is -1.46. The molecule has 0 aliphatic carbocycles. The van der Waals surface area contributed by atoms with E-state index in [9.17, 15) is 18.1 Å². The molecule has 0 aromatic carbocycles. The van der Waals surface area contributed by atoms with Crippen molar-refractivity contribution in [2.45, 2.75) is 44.9 Å². The summed E-state index contributed by atoms with van der Waals surface area (Å²) in [5, 5.41) is 10.9. The summed E-state index contributed by atoms with van der Waals surface area (Å²) in [6.07, 6.45) is -4.12. The highest BCUT2D eigenvalue weighted by atomic mass is 32.2. The topological polar surface area (TPSA) is 97.3 Å². The van der Waals surface area contributed by atoms with Crippen LogP contribution in [0.4, 0.5) is 19.3 Å². The molecule has 1 amide bonds. The first-order valence-corrected chi connectivity index (χ1v) is 7.64. The van der Waals surface area contributed by atoms with Crippen molar-refractivity contribution in [1.82, 2.24) is 9.71 Å². The molecule has 2 atom stereocenters. The summed E-state index contributed by atoms with van der Waals surface area (Å²) in [6.45, 7) is 6.83. The first kappa shape index (κ1) is 18.6. The number of nitrogens with one attached hydrogen (secondary N) is 2. The molecule has 1 unspecified atom stereocenters. The fourth-order valence-electron chi connectivity index (χ4n) is 1.56. The maximum atomic E-state index is 12.8. The minimum Gasteiger partial charge on any atom is -0.598 e. The lowest BCUT2D eigenvalue weighted by atomic mass is 10.1. The summed E-state index contributed by atoms with van der Waals surface area (Å²) in [4.78, 5) is 14.6. The predicted octanol–water partition coefficient (Wildman–Crippen LogP) is 3.22. The number of alkyl halides is 2. The third-order valence-corrected chi connectivity index (χ3v) is 4.34. The standard InChI is InChI=1S/C13H19F2N3O3S/c1-7(18-22(21)13(2,3)4)10-8(17-12(19)20)5-6-9(16-10)11(14)15/h5-7,11,17-18H,1-4H3,(H,19,20)/t7?,22-/m0/s1. The molecular formula is C13H19F2N3O3S. The monoisotopic (exact) mass is 335 g/mol. The smallest absolute Gasteiger partial charge is 0.409 e. The summed E-state index contributed by atoms with van der Waals surface area (Å²) in [5.41, 5.74) is -0.332. The molecule has 0 spiro atoms. The van der Waals surface area contributed by atoms with Crippen LogP contribution in [0.5, 0.6) is 0 Å². The number of hydrogen-bond donors (Lipinski definition) is 3. The molecule has 0 saturated carbocycles. The normalized spacial score (nSPS) is 14.7. The van der Waals surface area contributed by atoms with Gasteiger partial charge in [0.25, 0.3) is 6.43 Å². The number of amides is 1. The molecule has 0 radical (unpaired) electrons. The summed E-state index contributed by atoms with van der Waals surface area (Å²) in [6, 6.07) is 1.59. The first-order valence-electron chi connectivity index (χ1n) is 6.49. The molecule has 22 heavy (non-hydrogen) atoms. The van der Waals surface area contributed by atoms with Gasteiger partial charge in [0.2, 0.25) is 0 Å². The van der Waals surface area contributed by atoms with Gasteiger partial charge in [-0.25, -0.2) is 18.6 Å². The minimum absolute atomic E-state index is 0.0674. The summed E-state index contributed by atoms with van der Waals surface area (Å²) in [5.74, 6) is 0. The highest BCUT2D eigenvalue weighted by molar-refractivity contribution is 7.90. The maximum Gasteiger partial charge on any atom is 0.409 e. The lowest BCUT2D eigenvalue weighted by molar-refractivity contribution is 0.145. The quantitative estimate of drug-likeness (QED) is 0.718. The number of anilines is 1. The molecule has 1 rings (SSSR count). The van der Waals surface area contributed by atoms with E-state index in [2.05, 4.69) is 15.0 Å². The third-order valence-electron chi connectivity index (χ3n) is 2.66. The van der Waals surface area contributed by atoms with Gasteiger partial charge < -0.3 is 9.66 Å². The Morgan fingerprint density at radius 2 is 2.00 bits per heavy atom. The van der Waals surface area contributed by atoms with Crippen LogP contribution < -0.4 is 10.0 Å². The highest BCUT2D eigenvalue weighted by Gasteiger charge is 2.30. The van der Waals surface area contributed by atoms with Crippen molar-refractivity contribution in [2.75, 3.05) is 5.32 Å². The van der Waals surface area contributed by atoms with Gasteiger partial charge in [-0.05, 0) is 39.8 Å². The van der Waals surface area contributed by atoms with Gasteiger partial charge in [-0.1, -0.05) is 0 Å². The second-order valence-corrected chi connectivity index (χ2v) is 7.62. The largest absolute Gasteiger partial charge is 0.598 e. The van der Waals surface area contributed by atoms with Crippen LogP contribution >= 0.6 is 0 Å². The van der Waals surface area contributed by atoms with Crippen LogP contribution in [0.1, 0.15) is 51.6 Å². The maximum absolute atomic E-state index is 12.8. The Kier molecular flexibility index (Phi) is 6.09. The van der Waals surface area contributed by atoms with Crippen molar-refractivity contribution in [2.24, 2.45) is 0 Å². The number of rotatable bonds is 5. The first-order chi connectivity index (χ1) is 10.0. The van der Waals surface area contributed by atoms with E-state index in [1.54, 1.807) is 27.7 Å². The van der Waals surface area contributed by atoms with Crippen molar-refractivity contribution >= 4 is 23.1 Å². The Labute approximate surface area is 130 Å². The van der Waals surface area contributed by atoms with E-state index in [-0.39, 0.29) is 11.4 Å². The second-order valence-electron chi connectivity index (χ2n) is 5.62. The van der Waals surface area contributed by atoms with E-state index in [4.69, 9.17) is 5.11 Å². The fourth-order valence-corrected chi connectivity index (χ4v) is 2.34. The van der Waals surface area contributed by atoms with Gasteiger partial charge in [-0.2, -0.15) is 0 Å². The highest BCUT2D eigenvalue weighted by Crippen LogP contribution is 2.27. The second kappa shape index (κ2) is 7.21. The minimum atomic E-state index is -2.78. The number of pyridine rings is 1. The van der Waals surface area contributed by atoms with E-state index in [1.165, 1.54) is 6.07 Å². The molecule has 124 valence electrons. The lowest BCUT2D eigenvalue weighted by Crippen LogP contribution is -2.41. The van der Waals surface area contributed by atoms with Crippen LogP contribution in [0.3, 0.4) is 0 Å². The Balaban J connectivity index is 3.11. The third kappa shape index (κ3) is 5.08. The van der Waals surface area contributed by atoms with Gasteiger partial charge in [0, 0.05) is 11.4 Å². The Bertz CT molecular complexity index is 538. The lowest BCUT2D eigenvalue weighted by Gasteiger charge is -2.27. The zero-order valence-electron chi connectivity index (χ0n) is 12.7. The number of nitrogens with zero attached hydrogens (tertiary/aromatic N) is 1. The number of carboxylic acid groups (broad SMARTS) is 1. The van der Waals surface area contributed by atoms with Crippen LogP contribution in [0.15, 0.2) is 12.1 Å². The van der Waals surface area contributed by atoms with Gasteiger partial charge in [-0.3, -0.25) is 5.32 Å². The molecule has 1 heterocycles. The molecular weight excluding hydrogens is 316 g/mol. The molecule has 0 aliphatic heterocycles. The van der Waals surface area contributed by atoms with E-state index in [0.29, 0.717) is 0 Å². The van der Waals surface area contributed by atoms with Gasteiger partial charge in [0.1, 0.15) is 10.4 Å². The predicted molar refractivity (Wildman–Crippen MR) is 80.3 cm³/mol. The molecule has 9 heteroatoms. The Morgan fingerprint density at radius 1 is 1.41 bits per heavy atom. The summed E-state index contributed by atoms with van der Waals surface area (Å²) < 4.78 is 39.8. The molecule has 6 nitrogen and oxygen atoms in total.